The van der Waals surface area contributed by atoms with Gasteiger partial charge in [0.2, 0.25) is 15.0 Å². The molecule has 4 rings (SSSR count). The first-order valence-corrected chi connectivity index (χ1v) is 12.0. The summed E-state index contributed by atoms with van der Waals surface area (Å²) in [6, 6.07) is 11.2. The van der Waals surface area contributed by atoms with Crippen LogP contribution in [-0.4, -0.2) is 36.7 Å². The topological polar surface area (TPSA) is 85.6 Å². The van der Waals surface area contributed by atoms with Crippen LogP contribution < -0.4 is 9.46 Å². The lowest BCUT2D eigenvalue weighted by molar-refractivity contribution is 0.402. The van der Waals surface area contributed by atoms with Crippen LogP contribution in [0.2, 0.25) is 0 Å². The van der Waals surface area contributed by atoms with E-state index in [0.717, 1.165) is 17.7 Å². The fourth-order valence-corrected chi connectivity index (χ4v) is 5.29. The Hall–Kier alpha value is -2.82. The summed E-state index contributed by atoms with van der Waals surface area (Å²) in [5.41, 5.74) is 2.31. The molecular formula is C21H21FN4O3S2. The number of ether oxygens (including phenoxy) is 1. The van der Waals surface area contributed by atoms with Crippen LogP contribution in [0.1, 0.15) is 18.2 Å². The first-order chi connectivity index (χ1) is 14.9. The van der Waals surface area contributed by atoms with E-state index < -0.39 is 10.0 Å². The van der Waals surface area contributed by atoms with E-state index in [1.807, 2.05) is 18.4 Å². The molecule has 0 atom stereocenters. The van der Waals surface area contributed by atoms with Crippen molar-refractivity contribution < 1.29 is 17.5 Å². The Morgan fingerprint density at radius 2 is 2.06 bits per heavy atom. The maximum atomic E-state index is 13.5. The van der Waals surface area contributed by atoms with Gasteiger partial charge in [0, 0.05) is 23.9 Å². The van der Waals surface area contributed by atoms with Gasteiger partial charge < -0.3 is 4.74 Å². The number of halogens is 1. The standard InChI is InChI=1S/C21H21FN4O3S2/c1-3-14-7-8-18(29-2)19(11-14)31(27,28)23-10-9-17-13-30-21-24-20(25-26(17)21)15-5-4-6-16(22)12-15/h4-8,11-13,23H,3,9-10H2,1-2H3. The van der Waals surface area contributed by atoms with Crippen molar-refractivity contribution in [3.63, 3.8) is 0 Å². The molecule has 0 bridgehead atoms. The number of fused-ring (bicyclic) bond motifs is 1. The van der Waals surface area contributed by atoms with E-state index in [4.69, 9.17) is 4.74 Å². The fourth-order valence-electron chi connectivity index (χ4n) is 3.19. The molecule has 2 heterocycles. The van der Waals surface area contributed by atoms with Crippen LogP contribution in [0.25, 0.3) is 16.3 Å². The second kappa shape index (κ2) is 8.74. The summed E-state index contributed by atoms with van der Waals surface area (Å²) in [5, 5.41) is 6.35. The third kappa shape index (κ3) is 4.46. The van der Waals surface area contributed by atoms with E-state index in [1.165, 1.54) is 30.6 Å². The van der Waals surface area contributed by atoms with Crippen molar-refractivity contribution in [3.05, 3.63) is 64.9 Å². The van der Waals surface area contributed by atoms with Gasteiger partial charge in [0.25, 0.3) is 0 Å². The molecule has 0 unspecified atom stereocenters. The van der Waals surface area contributed by atoms with E-state index in [0.29, 0.717) is 28.5 Å². The minimum absolute atomic E-state index is 0.124. The van der Waals surface area contributed by atoms with Crippen molar-refractivity contribution >= 4 is 26.3 Å². The average Bonchev–Trinajstić information content (AvgIpc) is 3.35. The Labute approximate surface area is 183 Å². The van der Waals surface area contributed by atoms with Crippen LogP contribution in [0.3, 0.4) is 0 Å². The second-order valence-corrected chi connectivity index (χ2v) is 9.43. The number of hydrogen-bond donors (Lipinski definition) is 1. The van der Waals surface area contributed by atoms with Crippen molar-refractivity contribution in [2.24, 2.45) is 0 Å². The number of hydrogen-bond acceptors (Lipinski definition) is 6. The Balaban J connectivity index is 1.51. The van der Waals surface area contributed by atoms with Gasteiger partial charge >= 0.3 is 0 Å². The van der Waals surface area contributed by atoms with Gasteiger partial charge in [-0.3, -0.25) is 0 Å². The van der Waals surface area contributed by atoms with Gasteiger partial charge in [0.15, 0.2) is 5.82 Å². The number of benzene rings is 2. The molecule has 31 heavy (non-hydrogen) atoms. The SMILES string of the molecule is CCc1ccc(OC)c(S(=O)(=O)NCCc2csc3nc(-c4cccc(F)c4)nn23)c1. The fraction of sp³-hybridized carbons (Fsp3) is 0.238. The van der Waals surface area contributed by atoms with Crippen molar-refractivity contribution in [1.29, 1.82) is 0 Å². The monoisotopic (exact) mass is 460 g/mol. The normalized spacial score (nSPS) is 11.8. The Morgan fingerprint density at radius 1 is 1.23 bits per heavy atom. The first-order valence-electron chi connectivity index (χ1n) is 9.67. The lowest BCUT2D eigenvalue weighted by atomic mass is 10.2. The van der Waals surface area contributed by atoms with Gasteiger partial charge in [-0.2, -0.15) is 4.98 Å². The molecule has 0 aliphatic rings. The van der Waals surface area contributed by atoms with Crippen LogP contribution in [0, 0.1) is 5.82 Å². The van der Waals surface area contributed by atoms with Crippen LogP contribution >= 0.6 is 11.3 Å². The Bertz CT molecular complexity index is 1330. The number of rotatable bonds is 8. The van der Waals surface area contributed by atoms with Gasteiger partial charge in [-0.15, -0.1) is 16.4 Å². The number of thiazole rings is 1. The van der Waals surface area contributed by atoms with E-state index in [1.54, 1.807) is 28.8 Å². The molecule has 0 saturated carbocycles. The highest BCUT2D eigenvalue weighted by atomic mass is 32.2. The third-order valence-corrected chi connectivity index (χ3v) is 7.18. The first kappa shape index (κ1) is 21.4. The van der Waals surface area contributed by atoms with Crippen LogP contribution in [-0.2, 0) is 22.9 Å². The van der Waals surface area contributed by atoms with E-state index in [2.05, 4.69) is 14.8 Å². The molecule has 0 spiro atoms. The summed E-state index contributed by atoms with van der Waals surface area (Å²) >= 11 is 1.40. The zero-order valence-corrected chi connectivity index (χ0v) is 18.6. The molecule has 0 saturated heterocycles. The molecular weight excluding hydrogens is 439 g/mol. The highest BCUT2D eigenvalue weighted by Crippen LogP contribution is 2.25. The number of nitrogens with one attached hydrogen (secondary N) is 1. The highest BCUT2D eigenvalue weighted by molar-refractivity contribution is 7.89. The smallest absolute Gasteiger partial charge is 0.244 e. The van der Waals surface area contributed by atoms with Gasteiger partial charge in [-0.25, -0.2) is 22.0 Å². The summed E-state index contributed by atoms with van der Waals surface area (Å²) in [6.45, 7) is 2.15. The molecule has 0 aliphatic carbocycles. The molecule has 0 amide bonds. The van der Waals surface area contributed by atoms with Crippen LogP contribution in [0.4, 0.5) is 4.39 Å². The van der Waals surface area contributed by atoms with Crippen molar-refractivity contribution in [2.45, 2.75) is 24.7 Å². The minimum Gasteiger partial charge on any atom is -0.495 e. The highest BCUT2D eigenvalue weighted by Gasteiger charge is 2.20. The largest absolute Gasteiger partial charge is 0.495 e. The molecule has 4 aromatic rings. The van der Waals surface area contributed by atoms with Crippen molar-refractivity contribution in [3.8, 4) is 17.1 Å². The van der Waals surface area contributed by atoms with E-state index in [-0.39, 0.29) is 17.3 Å². The Kier molecular flexibility index (Phi) is 6.03. The van der Waals surface area contributed by atoms with Crippen molar-refractivity contribution in [2.75, 3.05) is 13.7 Å². The zero-order valence-electron chi connectivity index (χ0n) is 17.0. The van der Waals surface area contributed by atoms with Crippen LogP contribution in [0.5, 0.6) is 5.75 Å². The van der Waals surface area contributed by atoms with Gasteiger partial charge in [-0.05, 0) is 36.2 Å². The predicted octanol–water partition coefficient (Wildman–Crippen LogP) is 3.69. The number of sulfonamides is 1. The maximum Gasteiger partial charge on any atom is 0.244 e. The van der Waals surface area contributed by atoms with E-state index in [9.17, 15) is 12.8 Å². The lowest BCUT2D eigenvalue weighted by Gasteiger charge is -2.12. The Morgan fingerprint density at radius 3 is 2.81 bits per heavy atom. The molecule has 0 fully saturated rings. The quantitative estimate of drug-likeness (QED) is 0.433. The molecule has 7 nitrogen and oxygen atoms in total. The molecule has 0 aliphatic heterocycles. The lowest BCUT2D eigenvalue weighted by Crippen LogP contribution is -2.26. The van der Waals surface area contributed by atoms with Gasteiger partial charge in [0.05, 0.1) is 12.8 Å². The zero-order chi connectivity index (χ0) is 22.0. The number of nitrogens with zero attached hydrogens (tertiary/aromatic N) is 3. The number of methoxy groups -OCH3 is 1. The summed E-state index contributed by atoms with van der Waals surface area (Å²) in [7, 11) is -2.30. The summed E-state index contributed by atoms with van der Waals surface area (Å²) < 4.78 is 48.7. The van der Waals surface area contributed by atoms with Crippen molar-refractivity contribution in [1.82, 2.24) is 19.3 Å². The van der Waals surface area contributed by atoms with E-state index >= 15 is 0 Å². The molecule has 1 N–H and O–H groups in total. The van der Waals surface area contributed by atoms with Crippen LogP contribution in [0.15, 0.2) is 52.7 Å². The summed E-state index contributed by atoms with van der Waals surface area (Å²) in [5.74, 6) is 0.376. The summed E-state index contributed by atoms with van der Waals surface area (Å²) in [6.07, 6.45) is 1.14. The number of aryl methyl sites for hydroxylation is 1. The van der Waals surface area contributed by atoms with Gasteiger partial charge in [0.1, 0.15) is 16.5 Å². The molecule has 162 valence electrons. The minimum atomic E-state index is -3.74. The van der Waals surface area contributed by atoms with Gasteiger partial charge in [-0.1, -0.05) is 25.1 Å². The third-order valence-electron chi connectivity index (χ3n) is 4.83. The molecule has 2 aromatic carbocycles. The average molecular weight is 461 g/mol. The molecule has 0 radical (unpaired) electrons. The molecule has 2 aromatic heterocycles. The number of aromatic nitrogens is 3. The summed E-state index contributed by atoms with van der Waals surface area (Å²) in [4.78, 5) is 5.22. The second-order valence-electron chi connectivity index (χ2n) is 6.85. The maximum absolute atomic E-state index is 13.5. The predicted molar refractivity (Wildman–Crippen MR) is 118 cm³/mol. The molecule has 10 heteroatoms.